The van der Waals surface area contributed by atoms with Crippen molar-refractivity contribution < 1.29 is 4.74 Å². The molecule has 0 aliphatic carbocycles. The molecule has 6 nitrogen and oxygen atoms in total. The maximum Gasteiger partial charge on any atom is 0.167 e. The summed E-state index contributed by atoms with van der Waals surface area (Å²) in [6, 6.07) is 28.5. The Bertz CT molecular complexity index is 1300. The number of benzene rings is 3. The molecule has 0 fully saturated rings. The van der Waals surface area contributed by atoms with Gasteiger partial charge in [-0.1, -0.05) is 75.4 Å². The highest BCUT2D eigenvalue weighted by Gasteiger charge is 2.31. The molecule has 0 aliphatic heterocycles. The molecule has 0 spiro atoms. The molecule has 1 atom stereocenters. The van der Waals surface area contributed by atoms with Gasteiger partial charge in [0.15, 0.2) is 5.84 Å². The van der Waals surface area contributed by atoms with Crippen molar-refractivity contribution in [3.05, 3.63) is 107 Å². The molecule has 174 valence electrons. The summed E-state index contributed by atoms with van der Waals surface area (Å²) >= 11 is 0. The minimum absolute atomic E-state index is 0.0520. The molecule has 4 aromatic rings. The lowest BCUT2D eigenvalue weighted by Gasteiger charge is -2.33. The molecule has 0 aliphatic rings. The number of hydrazone groups is 1. The number of hydrogen-bond donors (Lipinski definition) is 3. The van der Waals surface area contributed by atoms with Crippen molar-refractivity contribution >= 4 is 16.7 Å². The molecule has 0 saturated heterocycles. The Labute approximate surface area is 200 Å². The highest BCUT2D eigenvalue weighted by atomic mass is 16.5. The van der Waals surface area contributed by atoms with Crippen molar-refractivity contribution in [3.63, 3.8) is 0 Å². The van der Waals surface area contributed by atoms with Crippen LogP contribution in [0.15, 0.2) is 90.0 Å². The first-order chi connectivity index (χ1) is 16.4. The van der Waals surface area contributed by atoms with E-state index in [1.807, 2.05) is 42.5 Å². The van der Waals surface area contributed by atoms with E-state index in [0.717, 1.165) is 33.5 Å². The van der Waals surface area contributed by atoms with Crippen LogP contribution in [-0.4, -0.2) is 10.8 Å². The van der Waals surface area contributed by atoms with Crippen molar-refractivity contribution in [1.29, 1.82) is 0 Å². The van der Waals surface area contributed by atoms with Crippen LogP contribution in [0.25, 0.3) is 10.9 Å². The van der Waals surface area contributed by atoms with Gasteiger partial charge in [0, 0.05) is 16.9 Å². The second-order valence-corrected chi connectivity index (χ2v) is 9.36. The summed E-state index contributed by atoms with van der Waals surface area (Å²) < 4.78 is 6.20. The number of rotatable bonds is 6. The van der Waals surface area contributed by atoms with Crippen LogP contribution < -0.4 is 21.8 Å². The second kappa shape index (κ2) is 9.93. The first kappa shape index (κ1) is 23.3. The van der Waals surface area contributed by atoms with Crippen LogP contribution in [0.3, 0.4) is 0 Å². The normalized spacial score (nSPS) is 13.0. The standard InChI is InChI=1S/C28H31N5O/c1-28(2,3)26(20-10-5-4-6-11-20)24-17-22(15-16-23(24)27(32-29)33-30)34-18-21-14-13-19-9-7-8-12-25(19)31-21/h4-17,26H,18,29-30H2,1-3H3,(H,32,33). The number of para-hydroxylation sites is 1. The summed E-state index contributed by atoms with van der Waals surface area (Å²) in [5.41, 5.74) is 7.42. The summed E-state index contributed by atoms with van der Waals surface area (Å²) in [5.74, 6) is 12.6. The zero-order valence-electron chi connectivity index (χ0n) is 19.8. The minimum Gasteiger partial charge on any atom is -0.487 e. The summed E-state index contributed by atoms with van der Waals surface area (Å²) in [6.07, 6.45) is 0. The zero-order valence-corrected chi connectivity index (χ0v) is 19.8. The number of aromatic nitrogens is 1. The van der Waals surface area contributed by atoms with Crippen LogP contribution in [-0.2, 0) is 6.61 Å². The van der Waals surface area contributed by atoms with E-state index in [2.05, 4.69) is 73.8 Å². The van der Waals surface area contributed by atoms with Gasteiger partial charge in [0.2, 0.25) is 0 Å². The Balaban J connectivity index is 1.72. The Hall–Kier alpha value is -3.90. The van der Waals surface area contributed by atoms with E-state index >= 15 is 0 Å². The first-order valence-electron chi connectivity index (χ1n) is 11.3. The van der Waals surface area contributed by atoms with Crippen LogP contribution in [0.2, 0.25) is 0 Å². The van der Waals surface area contributed by atoms with Crippen LogP contribution >= 0.6 is 0 Å². The maximum absolute atomic E-state index is 6.20. The average molecular weight is 454 g/mol. The molecule has 4 rings (SSSR count). The van der Waals surface area contributed by atoms with Gasteiger partial charge in [-0.15, -0.1) is 0 Å². The number of nitrogens with one attached hydrogen (secondary N) is 1. The number of hydrazine groups is 1. The van der Waals surface area contributed by atoms with Gasteiger partial charge in [-0.05, 0) is 46.9 Å². The van der Waals surface area contributed by atoms with Gasteiger partial charge in [0.1, 0.15) is 12.4 Å². The SMILES string of the molecule is CC(C)(C)C(c1ccccc1)c1cc(OCc2ccc3ccccc3n2)ccc1/C(=N/N)NN. The average Bonchev–Trinajstić information content (AvgIpc) is 2.84. The van der Waals surface area contributed by atoms with Crippen molar-refractivity contribution in [1.82, 2.24) is 10.4 Å². The molecular formula is C28H31N5O. The lowest BCUT2D eigenvalue weighted by molar-refractivity contribution is 0.300. The van der Waals surface area contributed by atoms with Gasteiger partial charge in [-0.3, -0.25) is 0 Å². The van der Waals surface area contributed by atoms with E-state index in [0.29, 0.717) is 12.4 Å². The van der Waals surface area contributed by atoms with E-state index in [1.54, 1.807) is 0 Å². The monoisotopic (exact) mass is 453 g/mol. The third kappa shape index (κ3) is 5.02. The molecular weight excluding hydrogens is 422 g/mol. The fourth-order valence-corrected chi connectivity index (χ4v) is 4.41. The van der Waals surface area contributed by atoms with E-state index in [4.69, 9.17) is 21.4 Å². The molecule has 1 heterocycles. The fourth-order valence-electron chi connectivity index (χ4n) is 4.41. The number of pyridine rings is 1. The van der Waals surface area contributed by atoms with Crippen molar-refractivity contribution in [2.24, 2.45) is 22.2 Å². The van der Waals surface area contributed by atoms with E-state index < -0.39 is 0 Å². The smallest absolute Gasteiger partial charge is 0.167 e. The highest BCUT2D eigenvalue weighted by Crippen LogP contribution is 2.43. The number of ether oxygens (including phenoxy) is 1. The summed E-state index contributed by atoms with van der Waals surface area (Å²) in [4.78, 5) is 4.72. The molecule has 0 saturated carbocycles. The van der Waals surface area contributed by atoms with Crippen molar-refractivity contribution in [2.45, 2.75) is 33.3 Å². The lowest BCUT2D eigenvalue weighted by atomic mass is 9.71. The Kier molecular flexibility index (Phi) is 6.80. The Morgan fingerprint density at radius 2 is 1.71 bits per heavy atom. The number of nitrogens with two attached hydrogens (primary N) is 2. The maximum atomic E-state index is 6.20. The summed E-state index contributed by atoms with van der Waals surface area (Å²) in [5, 5.41) is 4.99. The van der Waals surface area contributed by atoms with E-state index in [1.165, 1.54) is 5.56 Å². The van der Waals surface area contributed by atoms with Crippen molar-refractivity contribution in [3.8, 4) is 5.75 Å². The number of nitrogens with zero attached hydrogens (tertiary/aromatic N) is 2. The molecule has 1 unspecified atom stereocenters. The lowest BCUT2D eigenvalue weighted by Crippen LogP contribution is -2.34. The zero-order chi connectivity index (χ0) is 24.1. The van der Waals surface area contributed by atoms with Crippen LogP contribution in [0.5, 0.6) is 5.75 Å². The minimum atomic E-state index is -0.0943. The number of fused-ring (bicyclic) bond motifs is 1. The third-order valence-electron chi connectivity index (χ3n) is 5.90. The molecule has 5 N–H and O–H groups in total. The second-order valence-electron chi connectivity index (χ2n) is 9.36. The fraction of sp³-hybridized carbons (Fsp3) is 0.214. The first-order valence-corrected chi connectivity index (χ1v) is 11.3. The molecule has 0 radical (unpaired) electrons. The third-order valence-corrected chi connectivity index (χ3v) is 5.90. The van der Waals surface area contributed by atoms with Gasteiger partial charge in [0.25, 0.3) is 0 Å². The summed E-state index contributed by atoms with van der Waals surface area (Å²) in [7, 11) is 0. The molecule has 34 heavy (non-hydrogen) atoms. The van der Waals surface area contributed by atoms with E-state index in [9.17, 15) is 0 Å². The summed E-state index contributed by atoms with van der Waals surface area (Å²) in [6.45, 7) is 7.02. The predicted molar refractivity (Wildman–Crippen MR) is 138 cm³/mol. The topological polar surface area (TPSA) is 98.5 Å². The predicted octanol–water partition coefficient (Wildman–Crippen LogP) is 5.08. The van der Waals surface area contributed by atoms with Crippen molar-refractivity contribution in [2.75, 3.05) is 0 Å². The van der Waals surface area contributed by atoms with Gasteiger partial charge >= 0.3 is 0 Å². The van der Waals surface area contributed by atoms with Crippen LogP contribution in [0.1, 0.15) is 49.1 Å². The molecule has 0 bridgehead atoms. The molecule has 1 aromatic heterocycles. The van der Waals surface area contributed by atoms with Crippen LogP contribution in [0, 0.1) is 5.41 Å². The largest absolute Gasteiger partial charge is 0.487 e. The van der Waals surface area contributed by atoms with E-state index in [-0.39, 0.29) is 11.3 Å². The molecule has 3 aromatic carbocycles. The quantitative estimate of drug-likeness (QED) is 0.164. The number of hydrogen-bond acceptors (Lipinski definition) is 5. The van der Waals surface area contributed by atoms with Gasteiger partial charge in [-0.25, -0.2) is 10.8 Å². The molecule has 6 heteroatoms. The molecule has 0 amide bonds. The highest BCUT2D eigenvalue weighted by molar-refractivity contribution is 6.00. The number of amidine groups is 1. The van der Waals surface area contributed by atoms with Gasteiger partial charge < -0.3 is 16.0 Å². The Morgan fingerprint density at radius 3 is 2.41 bits per heavy atom. The van der Waals surface area contributed by atoms with Crippen LogP contribution in [0.4, 0.5) is 0 Å². The van der Waals surface area contributed by atoms with Gasteiger partial charge in [-0.2, -0.15) is 5.10 Å². The Morgan fingerprint density at radius 1 is 0.971 bits per heavy atom. The van der Waals surface area contributed by atoms with Gasteiger partial charge in [0.05, 0.1) is 11.2 Å².